The maximum Gasteiger partial charge on any atom is 0.407 e. The average Bonchev–Trinajstić information content (AvgIpc) is 2.41. The molecular formula is C15H23NO4. The minimum absolute atomic E-state index is 0.198. The van der Waals surface area contributed by atoms with Crippen LogP contribution in [0.4, 0.5) is 4.79 Å². The number of alkyl carbamates (subject to hydrolysis) is 1. The molecule has 0 aliphatic carbocycles. The van der Waals surface area contributed by atoms with Gasteiger partial charge in [-0.15, -0.1) is 0 Å². The smallest absolute Gasteiger partial charge is 0.407 e. The monoisotopic (exact) mass is 281 g/mol. The largest absolute Gasteiger partial charge is 0.445 e. The summed E-state index contributed by atoms with van der Waals surface area (Å²) in [7, 11) is 0. The highest BCUT2D eigenvalue weighted by atomic mass is 16.5. The van der Waals surface area contributed by atoms with Crippen LogP contribution in [0.25, 0.3) is 0 Å². The van der Waals surface area contributed by atoms with Crippen LogP contribution in [0.2, 0.25) is 0 Å². The van der Waals surface area contributed by atoms with E-state index in [0.29, 0.717) is 0 Å². The molecule has 0 bridgehead atoms. The Hall–Kier alpha value is -1.59. The highest BCUT2D eigenvalue weighted by Gasteiger charge is 2.17. The van der Waals surface area contributed by atoms with Gasteiger partial charge in [0.1, 0.15) is 6.61 Å². The molecule has 1 aromatic rings. The van der Waals surface area contributed by atoms with Gasteiger partial charge in [0.15, 0.2) is 0 Å². The lowest BCUT2D eigenvalue weighted by Crippen LogP contribution is -2.42. The van der Waals surface area contributed by atoms with Crippen molar-refractivity contribution < 1.29 is 19.4 Å². The van der Waals surface area contributed by atoms with Crippen LogP contribution in [-0.2, 0) is 16.1 Å². The number of carbonyl (C=O) groups is 1. The van der Waals surface area contributed by atoms with Crippen LogP contribution < -0.4 is 5.32 Å². The van der Waals surface area contributed by atoms with Gasteiger partial charge < -0.3 is 19.9 Å². The summed E-state index contributed by atoms with van der Waals surface area (Å²) < 4.78 is 10.6. The molecule has 0 aliphatic heterocycles. The van der Waals surface area contributed by atoms with Crippen molar-refractivity contribution in [3.05, 3.63) is 35.9 Å². The summed E-state index contributed by atoms with van der Waals surface area (Å²) in [6.07, 6.45) is -0.564. The number of benzene rings is 1. The number of aliphatic hydroxyl groups excluding tert-OH is 1. The van der Waals surface area contributed by atoms with Crippen LogP contribution in [0.5, 0.6) is 0 Å². The van der Waals surface area contributed by atoms with E-state index in [1.807, 2.05) is 51.1 Å². The van der Waals surface area contributed by atoms with Crippen molar-refractivity contribution in [3.8, 4) is 0 Å². The van der Waals surface area contributed by atoms with E-state index < -0.39 is 12.1 Å². The topological polar surface area (TPSA) is 67.8 Å². The Morgan fingerprint density at radius 3 is 2.50 bits per heavy atom. The Morgan fingerprint density at radius 1 is 1.30 bits per heavy atom. The van der Waals surface area contributed by atoms with Crippen LogP contribution >= 0.6 is 0 Å². The molecule has 20 heavy (non-hydrogen) atoms. The molecule has 0 fully saturated rings. The number of hydrogen-bond acceptors (Lipinski definition) is 4. The first-order chi connectivity index (χ1) is 9.40. The zero-order chi connectivity index (χ0) is 15.0. The molecule has 112 valence electrons. The molecule has 0 spiro atoms. The zero-order valence-electron chi connectivity index (χ0n) is 12.3. The molecule has 5 nitrogen and oxygen atoms in total. The highest BCUT2D eigenvalue weighted by molar-refractivity contribution is 5.67. The molecule has 0 aliphatic rings. The van der Waals surface area contributed by atoms with Crippen molar-refractivity contribution in [3.63, 3.8) is 0 Å². The maximum atomic E-state index is 11.6. The van der Waals surface area contributed by atoms with Crippen molar-refractivity contribution in [1.82, 2.24) is 5.32 Å². The first kappa shape index (κ1) is 16.5. The van der Waals surface area contributed by atoms with E-state index in [2.05, 4.69) is 5.32 Å². The van der Waals surface area contributed by atoms with Gasteiger partial charge in [-0.3, -0.25) is 0 Å². The molecular weight excluding hydrogens is 258 g/mol. The summed E-state index contributed by atoms with van der Waals surface area (Å²) in [6, 6.07) is 8.93. The van der Waals surface area contributed by atoms with Crippen molar-refractivity contribution in [2.75, 3.05) is 13.2 Å². The van der Waals surface area contributed by atoms with E-state index in [4.69, 9.17) is 9.47 Å². The Bertz CT molecular complexity index is 400. The van der Waals surface area contributed by atoms with E-state index in [0.717, 1.165) is 5.56 Å². The number of nitrogens with one attached hydrogen (secondary N) is 1. The molecule has 1 aromatic carbocycles. The summed E-state index contributed by atoms with van der Waals surface area (Å²) in [5, 5.41) is 11.8. The molecule has 0 heterocycles. The van der Waals surface area contributed by atoms with E-state index in [1.165, 1.54) is 0 Å². The number of hydrogen-bond donors (Lipinski definition) is 2. The maximum absolute atomic E-state index is 11.6. The second-order valence-corrected chi connectivity index (χ2v) is 5.51. The van der Waals surface area contributed by atoms with Crippen LogP contribution in [0.3, 0.4) is 0 Å². The number of carbonyl (C=O) groups excluding carboxylic acids is 1. The molecule has 0 radical (unpaired) electrons. The van der Waals surface area contributed by atoms with Crippen molar-refractivity contribution in [2.45, 2.75) is 39.0 Å². The minimum atomic E-state index is -0.564. The van der Waals surface area contributed by atoms with Crippen LogP contribution in [0, 0.1) is 0 Å². The minimum Gasteiger partial charge on any atom is -0.445 e. The molecule has 1 atom stereocenters. The van der Waals surface area contributed by atoms with E-state index in [1.54, 1.807) is 0 Å². The first-order valence-corrected chi connectivity index (χ1v) is 6.63. The van der Waals surface area contributed by atoms with E-state index in [9.17, 15) is 9.90 Å². The number of ether oxygens (including phenoxy) is 2. The normalized spacial score (nSPS) is 12.8. The number of aliphatic hydroxyl groups is 1. The lowest BCUT2D eigenvalue weighted by molar-refractivity contribution is -0.0214. The summed E-state index contributed by atoms with van der Waals surface area (Å²) in [6.45, 7) is 5.97. The quantitative estimate of drug-likeness (QED) is 0.838. The lowest BCUT2D eigenvalue weighted by atomic mass is 10.2. The van der Waals surface area contributed by atoms with Crippen molar-refractivity contribution in [1.29, 1.82) is 0 Å². The van der Waals surface area contributed by atoms with Crippen LogP contribution in [0.1, 0.15) is 26.3 Å². The molecule has 0 aromatic heterocycles. The van der Waals surface area contributed by atoms with Crippen LogP contribution in [0.15, 0.2) is 30.3 Å². The first-order valence-electron chi connectivity index (χ1n) is 6.63. The van der Waals surface area contributed by atoms with Gasteiger partial charge in [-0.1, -0.05) is 30.3 Å². The number of amides is 1. The van der Waals surface area contributed by atoms with Gasteiger partial charge in [-0.2, -0.15) is 0 Å². The molecule has 1 rings (SSSR count). The molecule has 5 heteroatoms. The van der Waals surface area contributed by atoms with Gasteiger partial charge in [-0.25, -0.2) is 4.79 Å². The standard InChI is InChI=1S/C15H23NO4/c1-15(2,3)20-11-13(9-17)16-14(18)19-10-12-7-5-4-6-8-12/h4-8,13,17H,9-11H2,1-3H3,(H,16,18). The summed E-state index contributed by atoms with van der Waals surface area (Å²) in [4.78, 5) is 11.6. The predicted octanol–water partition coefficient (Wildman–Crippen LogP) is 2.09. The van der Waals surface area contributed by atoms with E-state index >= 15 is 0 Å². The van der Waals surface area contributed by atoms with Crippen molar-refractivity contribution in [2.24, 2.45) is 0 Å². The molecule has 2 N–H and O–H groups in total. The fourth-order valence-electron chi connectivity index (χ4n) is 1.42. The van der Waals surface area contributed by atoms with Crippen LogP contribution in [-0.4, -0.2) is 36.1 Å². The van der Waals surface area contributed by atoms with Gasteiger partial charge in [-0.05, 0) is 26.3 Å². The summed E-state index contributed by atoms with van der Waals surface area (Å²) in [5.74, 6) is 0. The summed E-state index contributed by atoms with van der Waals surface area (Å²) >= 11 is 0. The average molecular weight is 281 g/mol. The van der Waals surface area contributed by atoms with E-state index in [-0.39, 0.29) is 25.4 Å². The predicted molar refractivity (Wildman–Crippen MR) is 76.3 cm³/mol. The van der Waals surface area contributed by atoms with Gasteiger partial charge in [0.25, 0.3) is 0 Å². The second-order valence-electron chi connectivity index (χ2n) is 5.51. The van der Waals surface area contributed by atoms with Crippen molar-refractivity contribution >= 4 is 6.09 Å². The Morgan fingerprint density at radius 2 is 1.95 bits per heavy atom. The third kappa shape index (κ3) is 7.11. The highest BCUT2D eigenvalue weighted by Crippen LogP contribution is 2.07. The number of rotatable bonds is 6. The van der Waals surface area contributed by atoms with Gasteiger partial charge in [0.2, 0.25) is 0 Å². The third-order valence-electron chi connectivity index (χ3n) is 2.47. The van der Waals surface area contributed by atoms with Gasteiger partial charge in [0, 0.05) is 0 Å². The Labute approximate surface area is 119 Å². The third-order valence-corrected chi connectivity index (χ3v) is 2.47. The molecule has 0 saturated heterocycles. The lowest BCUT2D eigenvalue weighted by Gasteiger charge is -2.23. The Balaban J connectivity index is 2.32. The molecule has 1 unspecified atom stereocenters. The SMILES string of the molecule is CC(C)(C)OCC(CO)NC(=O)OCc1ccccc1. The second kappa shape index (κ2) is 7.87. The fraction of sp³-hybridized carbons (Fsp3) is 0.533. The molecule has 1 amide bonds. The zero-order valence-corrected chi connectivity index (χ0v) is 12.3. The molecule has 0 saturated carbocycles. The van der Waals surface area contributed by atoms with Gasteiger partial charge in [0.05, 0.1) is 24.9 Å². The van der Waals surface area contributed by atoms with Gasteiger partial charge >= 0.3 is 6.09 Å². The Kier molecular flexibility index (Phi) is 6.48. The fourth-order valence-corrected chi connectivity index (χ4v) is 1.42. The summed E-state index contributed by atoms with van der Waals surface area (Å²) in [5.41, 5.74) is 0.595.